The van der Waals surface area contributed by atoms with Crippen molar-refractivity contribution in [3.05, 3.63) is 65.7 Å². The lowest BCUT2D eigenvalue weighted by Crippen LogP contribution is -2.19. The van der Waals surface area contributed by atoms with Crippen molar-refractivity contribution in [3.8, 4) is 5.75 Å². The summed E-state index contributed by atoms with van der Waals surface area (Å²) in [6.07, 6.45) is 0. The highest BCUT2D eigenvalue weighted by Gasteiger charge is 2.25. The topological polar surface area (TPSA) is 26.3 Å². The molecule has 0 aromatic heterocycles. The third kappa shape index (κ3) is 3.49. The van der Waals surface area contributed by atoms with Crippen LogP contribution in [-0.4, -0.2) is 17.7 Å². The normalized spacial score (nSPS) is 13.6. The molecule has 0 bridgehead atoms. The van der Waals surface area contributed by atoms with Gasteiger partial charge in [-0.05, 0) is 29.8 Å². The minimum Gasteiger partial charge on any atom is -0.497 e. The van der Waals surface area contributed by atoms with Gasteiger partial charge in [0.25, 0.3) is 0 Å². The largest absolute Gasteiger partial charge is 0.497 e. The van der Waals surface area contributed by atoms with Gasteiger partial charge in [0.15, 0.2) is 5.78 Å². The summed E-state index contributed by atoms with van der Waals surface area (Å²) in [5, 5.41) is 0. The lowest BCUT2D eigenvalue weighted by atomic mass is 10.0. The van der Waals surface area contributed by atoms with Crippen molar-refractivity contribution in [2.24, 2.45) is 0 Å². The number of methoxy groups -OCH3 is 1. The summed E-state index contributed by atoms with van der Waals surface area (Å²) in [7, 11) is 1.61. The van der Waals surface area contributed by atoms with Crippen LogP contribution in [0, 0.1) is 0 Å². The number of Topliss-reactive ketones (excluding diaryl/α,β-unsaturated/α-hetero) is 1. The molecule has 0 aliphatic carbocycles. The summed E-state index contributed by atoms with van der Waals surface area (Å²) in [6.45, 7) is 0. The van der Waals surface area contributed by atoms with Crippen LogP contribution in [0.25, 0.3) is 0 Å². The fraction of sp³-hybridized carbons (Fsp3) is 0.188. The van der Waals surface area contributed by atoms with Crippen LogP contribution in [0.5, 0.6) is 5.75 Å². The van der Waals surface area contributed by atoms with Crippen molar-refractivity contribution >= 4 is 37.6 Å². The average molecular weight is 398 g/mol. The number of alkyl halides is 2. The first-order chi connectivity index (χ1) is 9.63. The lowest BCUT2D eigenvalue weighted by molar-refractivity contribution is 0.0991. The fourth-order valence-corrected chi connectivity index (χ4v) is 2.97. The van der Waals surface area contributed by atoms with Crippen molar-refractivity contribution < 1.29 is 9.53 Å². The summed E-state index contributed by atoms with van der Waals surface area (Å²) < 4.78 is 5.09. The summed E-state index contributed by atoms with van der Waals surface area (Å²) in [6, 6.07) is 17.0. The minimum absolute atomic E-state index is 0.0402. The monoisotopic (exact) mass is 396 g/mol. The number of carbonyl (C=O) groups is 1. The molecule has 2 nitrogen and oxygen atoms in total. The van der Waals surface area contributed by atoms with Crippen molar-refractivity contribution in [2.75, 3.05) is 7.11 Å². The molecular formula is C16H14Br2O2. The molecule has 0 fully saturated rings. The molecule has 2 rings (SSSR count). The number of hydrogen-bond donors (Lipinski definition) is 0. The predicted molar refractivity (Wildman–Crippen MR) is 88.1 cm³/mol. The van der Waals surface area contributed by atoms with Gasteiger partial charge < -0.3 is 4.74 Å². The molecule has 2 aromatic carbocycles. The second kappa shape index (κ2) is 7.04. The molecule has 0 amide bonds. The van der Waals surface area contributed by atoms with Crippen LogP contribution >= 0.6 is 31.9 Å². The standard InChI is InChI=1S/C16H14Br2O2/c1-20-13-9-7-12(8-10-13)16(19)15(18)14(17)11-5-3-2-4-6-11/h2-10,14-15H,1H3. The maximum absolute atomic E-state index is 12.4. The highest BCUT2D eigenvalue weighted by Crippen LogP contribution is 2.33. The number of hydrogen-bond acceptors (Lipinski definition) is 2. The summed E-state index contributed by atoms with van der Waals surface area (Å²) in [5.74, 6) is 0.782. The molecule has 2 atom stereocenters. The SMILES string of the molecule is COc1ccc(C(=O)C(Br)C(Br)c2ccccc2)cc1. The Hall–Kier alpha value is -1.13. The third-order valence-corrected chi connectivity index (χ3v) is 5.71. The van der Waals surface area contributed by atoms with Gasteiger partial charge in [-0.2, -0.15) is 0 Å². The number of rotatable bonds is 5. The quantitative estimate of drug-likeness (QED) is 0.536. The maximum atomic E-state index is 12.4. The zero-order valence-electron chi connectivity index (χ0n) is 10.9. The van der Waals surface area contributed by atoms with Crippen LogP contribution in [0.1, 0.15) is 20.7 Å². The van der Waals surface area contributed by atoms with E-state index in [-0.39, 0.29) is 15.4 Å². The molecule has 2 aromatic rings. The van der Waals surface area contributed by atoms with Crippen LogP contribution in [0.15, 0.2) is 54.6 Å². The maximum Gasteiger partial charge on any atom is 0.177 e. The molecule has 0 heterocycles. The summed E-state index contributed by atoms with van der Waals surface area (Å²) in [5.41, 5.74) is 1.73. The van der Waals surface area contributed by atoms with Crippen molar-refractivity contribution in [3.63, 3.8) is 0 Å². The van der Waals surface area contributed by atoms with Gasteiger partial charge >= 0.3 is 0 Å². The van der Waals surface area contributed by atoms with Gasteiger partial charge in [0, 0.05) is 5.56 Å². The Labute approximate surface area is 135 Å². The molecule has 0 N–H and O–H groups in total. The molecule has 2 unspecified atom stereocenters. The lowest BCUT2D eigenvalue weighted by Gasteiger charge is -2.16. The molecule has 0 radical (unpaired) electrons. The van der Waals surface area contributed by atoms with Gasteiger partial charge in [0.05, 0.1) is 16.8 Å². The molecule has 0 aliphatic heterocycles. The highest BCUT2D eigenvalue weighted by atomic mass is 79.9. The fourth-order valence-electron chi connectivity index (χ4n) is 1.85. The zero-order valence-corrected chi connectivity index (χ0v) is 14.1. The Morgan fingerprint density at radius 1 is 1.00 bits per heavy atom. The van der Waals surface area contributed by atoms with E-state index in [9.17, 15) is 4.79 Å². The van der Waals surface area contributed by atoms with Crippen LogP contribution < -0.4 is 4.74 Å². The van der Waals surface area contributed by atoms with E-state index in [4.69, 9.17) is 4.74 Å². The minimum atomic E-state index is -0.321. The molecule has 104 valence electrons. The van der Waals surface area contributed by atoms with E-state index in [1.54, 1.807) is 31.4 Å². The number of carbonyl (C=O) groups excluding carboxylic acids is 1. The number of halogens is 2. The van der Waals surface area contributed by atoms with Gasteiger partial charge in [-0.1, -0.05) is 62.2 Å². The second-order valence-corrected chi connectivity index (χ2v) is 6.28. The van der Waals surface area contributed by atoms with Gasteiger partial charge in [-0.3, -0.25) is 4.79 Å². The van der Waals surface area contributed by atoms with Gasteiger partial charge in [-0.15, -0.1) is 0 Å². The van der Waals surface area contributed by atoms with E-state index in [0.717, 1.165) is 11.3 Å². The Kier molecular flexibility index (Phi) is 5.38. The van der Waals surface area contributed by atoms with Crippen LogP contribution in [0.3, 0.4) is 0 Å². The van der Waals surface area contributed by atoms with E-state index in [0.29, 0.717) is 5.56 Å². The predicted octanol–water partition coefficient (Wildman–Crippen LogP) is 4.78. The second-order valence-electron chi connectivity index (χ2n) is 4.31. The summed E-state index contributed by atoms with van der Waals surface area (Å²) >= 11 is 7.08. The number of ether oxygens (including phenoxy) is 1. The molecule has 0 spiro atoms. The smallest absolute Gasteiger partial charge is 0.177 e. The molecule has 0 saturated heterocycles. The van der Waals surface area contributed by atoms with Crippen molar-refractivity contribution in [1.29, 1.82) is 0 Å². The van der Waals surface area contributed by atoms with Gasteiger partial charge in [-0.25, -0.2) is 0 Å². The first kappa shape index (κ1) is 15.3. The van der Waals surface area contributed by atoms with E-state index < -0.39 is 0 Å². The van der Waals surface area contributed by atoms with Gasteiger partial charge in [0.1, 0.15) is 5.75 Å². The first-order valence-electron chi connectivity index (χ1n) is 6.15. The van der Waals surface area contributed by atoms with E-state index in [1.165, 1.54) is 0 Å². The molecular weight excluding hydrogens is 384 g/mol. The molecule has 0 saturated carbocycles. The number of benzene rings is 2. The van der Waals surface area contributed by atoms with E-state index in [2.05, 4.69) is 31.9 Å². The van der Waals surface area contributed by atoms with Crippen LogP contribution in [0.4, 0.5) is 0 Å². The van der Waals surface area contributed by atoms with Crippen LogP contribution in [0.2, 0.25) is 0 Å². The van der Waals surface area contributed by atoms with Gasteiger partial charge in [0.2, 0.25) is 0 Å². The highest BCUT2D eigenvalue weighted by molar-refractivity contribution is 9.12. The first-order valence-corrected chi connectivity index (χ1v) is 7.98. The average Bonchev–Trinajstić information content (AvgIpc) is 2.53. The third-order valence-electron chi connectivity index (χ3n) is 3.00. The van der Waals surface area contributed by atoms with E-state index >= 15 is 0 Å². The van der Waals surface area contributed by atoms with Crippen molar-refractivity contribution in [1.82, 2.24) is 0 Å². The zero-order chi connectivity index (χ0) is 14.5. The van der Waals surface area contributed by atoms with E-state index in [1.807, 2.05) is 30.3 Å². The van der Waals surface area contributed by atoms with Crippen molar-refractivity contribution in [2.45, 2.75) is 9.65 Å². The molecule has 20 heavy (non-hydrogen) atoms. The Bertz CT molecular complexity index is 567. The Morgan fingerprint density at radius 2 is 1.60 bits per heavy atom. The Morgan fingerprint density at radius 3 is 2.15 bits per heavy atom. The molecule has 4 heteroatoms. The molecule has 0 aliphatic rings. The number of ketones is 1. The Balaban J connectivity index is 2.15. The van der Waals surface area contributed by atoms with Crippen LogP contribution in [-0.2, 0) is 0 Å². The summed E-state index contributed by atoms with van der Waals surface area (Å²) in [4.78, 5) is 12.0.